The van der Waals surface area contributed by atoms with Crippen LogP contribution in [0.2, 0.25) is 0 Å². The summed E-state index contributed by atoms with van der Waals surface area (Å²) in [6.45, 7) is 1.06. The van der Waals surface area contributed by atoms with Crippen LogP contribution in [0.15, 0.2) is 42.6 Å². The lowest BCUT2D eigenvalue weighted by Gasteiger charge is -2.34. The fourth-order valence-electron chi connectivity index (χ4n) is 3.68. The van der Waals surface area contributed by atoms with Gasteiger partial charge in [0.15, 0.2) is 17.2 Å². The van der Waals surface area contributed by atoms with Crippen molar-refractivity contribution in [2.24, 2.45) is 11.7 Å². The summed E-state index contributed by atoms with van der Waals surface area (Å²) in [6, 6.07) is 1.67. The Balaban J connectivity index is 1.67. The van der Waals surface area contributed by atoms with Gasteiger partial charge in [0.1, 0.15) is 11.5 Å². The van der Waals surface area contributed by atoms with E-state index >= 15 is 0 Å². The molecule has 0 bridgehead atoms. The normalized spacial score (nSPS) is 17.9. The molecular formula is C19H18F4N8. The fraction of sp³-hybridized carbons (Fsp3) is 0.316. The van der Waals surface area contributed by atoms with Crippen LogP contribution >= 0.6 is 0 Å². The highest BCUT2D eigenvalue weighted by Crippen LogP contribution is 2.30. The maximum absolute atomic E-state index is 13.5. The van der Waals surface area contributed by atoms with Crippen molar-refractivity contribution in [3.05, 3.63) is 48.3 Å². The van der Waals surface area contributed by atoms with Crippen molar-refractivity contribution in [3.8, 4) is 11.5 Å². The molecular weight excluding hydrogens is 416 g/mol. The van der Waals surface area contributed by atoms with Gasteiger partial charge in [0, 0.05) is 43.2 Å². The van der Waals surface area contributed by atoms with E-state index in [1.165, 1.54) is 16.8 Å². The number of halogens is 4. The van der Waals surface area contributed by atoms with E-state index in [9.17, 15) is 17.6 Å². The Kier molecular flexibility index (Phi) is 5.29. The van der Waals surface area contributed by atoms with Crippen molar-refractivity contribution < 1.29 is 17.6 Å². The summed E-state index contributed by atoms with van der Waals surface area (Å²) in [5.41, 5.74) is 5.10. The van der Waals surface area contributed by atoms with Crippen molar-refractivity contribution >= 4 is 17.4 Å². The summed E-state index contributed by atoms with van der Waals surface area (Å²) >= 11 is 0. The van der Waals surface area contributed by atoms with Crippen LogP contribution in [0.5, 0.6) is 0 Å². The summed E-state index contributed by atoms with van der Waals surface area (Å²) in [6.07, 6.45) is 2.73. The largest absolute Gasteiger partial charge is 0.434 e. The molecule has 3 aromatic rings. The van der Waals surface area contributed by atoms with Crippen molar-refractivity contribution in [1.82, 2.24) is 24.3 Å². The van der Waals surface area contributed by atoms with E-state index in [0.717, 1.165) is 25.0 Å². The minimum atomic E-state index is -4.60. The summed E-state index contributed by atoms with van der Waals surface area (Å²) in [4.78, 5) is 18.1. The predicted molar refractivity (Wildman–Crippen MR) is 105 cm³/mol. The van der Waals surface area contributed by atoms with Gasteiger partial charge in [-0.3, -0.25) is 9.81 Å². The summed E-state index contributed by atoms with van der Waals surface area (Å²) in [7, 11) is 0. The van der Waals surface area contributed by atoms with E-state index in [-0.39, 0.29) is 28.7 Å². The Morgan fingerprint density at radius 1 is 1.23 bits per heavy atom. The van der Waals surface area contributed by atoms with Gasteiger partial charge in [-0.15, -0.1) is 0 Å². The molecule has 31 heavy (non-hydrogen) atoms. The topological polar surface area (TPSA) is 109 Å². The number of nitrogens with one attached hydrogen (secondary N) is 1. The average molecular weight is 434 g/mol. The molecule has 1 atom stereocenters. The third-order valence-electron chi connectivity index (χ3n) is 5.17. The van der Waals surface area contributed by atoms with Gasteiger partial charge in [-0.05, 0) is 18.9 Å². The third kappa shape index (κ3) is 4.05. The molecule has 3 N–H and O–H groups in total. The maximum atomic E-state index is 13.5. The number of hydrogen-bond acceptors (Lipinski definition) is 7. The second-order valence-corrected chi connectivity index (χ2v) is 7.10. The van der Waals surface area contributed by atoms with Crippen LogP contribution in [0.1, 0.15) is 18.5 Å². The average Bonchev–Trinajstić information content (AvgIpc) is 3.17. The monoisotopic (exact) mass is 434 g/mol. The van der Waals surface area contributed by atoms with Gasteiger partial charge in [-0.25, -0.2) is 19.9 Å². The first-order valence-corrected chi connectivity index (χ1v) is 9.43. The molecule has 0 amide bonds. The molecule has 12 heteroatoms. The number of piperidine rings is 1. The lowest BCUT2D eigenvalue weighted by Crippen LogP contribution is -2.37. The summed E-state index contributed by atoms with van der Waals surface area (Å²) < 4.78 is 53.9. The highest BCUT2D eigenvalue weighted by molar-refractivity contribution is 5.90. The number of imidazole rings is 1. The fourth-order valence-corrected chi connectivity index (χ4v) is 3.68. The first kappa shape index (κ1) is 20.7. The zero-order chi connectivity index (χ0) is 22.2. The van der Waals surface area contributed by atoms with Gasteiger partial charge >= 0.3 is 6.18 Å². The molecule has 1 aliphatic heterocycles. The number of anilines is 1. The van der Waals surface area contributed by atoms with Crippen LogP contribution in [-0.4, -0.2) is 43.4 Å². The van der Waals surface area contributed by atoms with Gasteiger partial charge in [-0.2, -0.15) is 17.6 Å². The molecule has 0 aliphatic carbocycles. The number of hydrogen-bond donors (Lipinski definition) is 2. The summed E-state index contributed by atoms with van der Waals surface area (Å²) in [5.74, 6) is -0.584. The molecule has 162 valence electrons. The molecule has 1 fully saturated rings. The van der Waals surface area contributed by atoms with Gasteiger partial charge in [0.2, 0.25) is 5.97 Å². The van der Waals surface area contributed by atoms with Gasteiger partial charge < -0.3 is 10.6 Å². The smallest absolute Gasteiger partial charge is 0.404 e. The molecule has 0 saturated carbocycles. The van der Waals surface area contributed by atoms with Gasteiger partial charge in [0.05, 0.1) is 12.4 Å². The van der Waals surface area contributed by atoms with Crippen molar-refractivity contribution in [3.63, 3.8) is 0 Å². The molecule has 0 radical (unpaired) electrons. The lowest BCUT2D eigenvalue weighted by molar-refractivity contribution is -0.141. The zero-order valence-corrected chi connectivity index (χ0v) is 16.1. The predicted octanol–water partition coefficient (Wildman–Crippen LogP) is 3.21. The van der Waals surface area contributed by atoms with Crippen LogP contribution in [-0.2, 0) is 6.18 Å². The molecule has 1 aliphatic rings. The van der Waals surface area contributed by atoms with Crippen LogP contribution in [0, 0.1) is 11.3 Å². The van der Waals surface area contributed by atoms with E-state index in [4.69, 9.17) is 11.1 Å². The van der Waals surface area contributed by atoms with Crippen LogP contribution < -0.4 is 10.6 Å². The number of nitrogens with two attached hydrogens (primary N) is 1. The quantitative estimate of drug-likeness (QED) is 0.482. The molecule has 3 aromatic heterocycles. The molecule has 8 nitrogen and oxygen atoms in total. The van der Waals surface area contributed by atoms with E-state index in [0.29, 0.717) is 25.3 Å². The number of nitrogens with zero attached hydrogens (tertiary/aromatic N) is 6. The second-order valence-electron chi connectivity index (χ2n) is 7.10. The molecule has 0 spiro atoms. The van der Waals surface area contributed by atoms with Crippen LogP contribution in [0.4, 0.5) is 23.4 Å². The number of fused-ring (bicyclic) bond motifs is 1. The highest BCUT2D eigenvalue weighted by atomic mass is 19.4. The second kappa shape index (κ2) is 7.93. The Morgan fingerprint density at radius 2 is 2.03 bits per heavy atom. The first-order valence-electron chi connectivity index (χ1n) is 9.43. The Morgan fingerprint density at radius 3 is 2.74 bits per heavy atom. The van der Waals surface area contributed by atoms with Crippen LogP contribution in [0.25, 0.3) is 17.2 Å². The van der Waals surface area contributed by atoms with Crippen molar-refractivity contribution in [2.75, 3.05) is 18.0 Å². The zero-order valence-electron chi connectivity index (χ0n) is 16.1. The summed E-state index contributed by atoms with van der Waals surface area (Å²) in [5, 5.41) is 7.27. The first-order chi connectivity index (χ1) is 14.8. The number of alkyl halides is 3. The van der Waals surface area contributed by atoms with Crippen molar-refractivity contribution in [2.45, 2.75) is 19.0 Å². The SMILES string of the molecule is N=C(F)C(=CN)C1CCCN(c2ccnc(-c3cnc4cnc(C(F)(F)F)cn34)n2)C1. The molecule has 1 saturated heterocycles. The Labute approximate surface area is 174 Å². The molecule has 1 unspecified atom stereocenters. The molecule has 4 rings (SSSR count). The minimum Gasteiger partial charge on any atom is -0.404 e. The van der Waals surface area contributed by atoms with E-state index in [1.807, 2.05) is 4.90 Å². The maximum Gasteiger partial charge on any atom is 0.434 e. The Bertz CT molecular complexity index is 1150. The van der Waals surface area contributed by atoms with E-state index in [1.54, 1.807) is 6.07 Å². The van der Waals surface area contributed by atoms with E-state index in [2.05, 4.69) is 19.9 Å². The Hall–Kier alpha value is -3.57. The van der Waals surface area contributed by atoms with Crippen LogP contribution in [0.3, 0.4) is 0 Å². The number of rotatable bonds is 4. The lowest BCUT2D eigenvalue weighted by atomic mass is 9.91. The third-order valence-corrected chi connectivity index (χ3v) is 5.17. The van der Waals surface area contributed by atoms with E-state index < -0.39 is 17.8 Å². The number of aromatic nitrogens is 5. The minimum absolute atomic E-state index is 0.146. The standard InChI is InChI=1S/C19H18F4N8/c20-17(25)12(6-24)11-2-1-5-30(9-11)15-3-4-26-18(29-15)13-7-28-16-8-27-14(10-31(13)16)19(21,22)23/h3-4,6-8,10-11,25H,1-2,5,9,24H2. The highest BCUT2D eigenvalue weighted by Gasteiger charge is 2.33. The van der Waals surface area contributed by atoms with Gasteiger partial charge in [0.25, 0.3) is 0 Å². The molecule has 0 aromatic carbocycles. The van der Waals surface area contributed by atoms with Crippen molar-refractivity contribution in [1.29, 1.82) is 5.41 Å². The van der Waals surface area contributed by atoms with Gasteiger partial charge in [-0.1, -0.05) is 0 Å². The molecule has 4 heterocycles.